The van der Waals surface area contributed by atoms with E-state index in [2.05, 4.69) is 18.7 Å². The number of aliphatic carboxylic acids is 1. The molecule has 1 aliphatic rings. The number of benzene rings is 1. The molecule has 2 atom stereocenters. The van der Waals surface area contributed by atoms with Gasteiger partial charge in [-0.15, -0.1) is 0 Å². The van der Waals surface area contributed by atoms with Gasteiger partial charge in [-0.2, -0.15) is 0 Å². The fourth-order valence-electron chi connectivity index (χ4n) is 3.01. The van der Waals surface area contributed by atoms with Crippen molar-refractivity contribution in [2.45, 2.75) is 20.4 Å². The zero-order chi connectivity index (χ0) is 15.6. The summed E-state index contributed by atoms with van der Waals surface area (Å²) in [6.07, 6.45) is 0. The Morgan fingerprint density at radius 3 is 2.33 bits per heavy atom. The lowest BCUT2D eigenvalue weighted by molar-refractivity contribution is -0.143. The summed E-state index contributed by atoms with van der Waals surface area (Å²) in [6.45, 7) is 6.23. The van der Waals surface area contributed by atoms with Crippen molar-refractivity contribution in [2.24, 2.45) is 23.5 Å². The Bertz CT molecular complexity index is 525. The molecule has 0 bridgehead atoms. The highest BCUT2D eigenvalue weighted by atomic mass is 16.4. The van der Waals surface area contributed by atoms with Crippen molar-refractivity contribution in [1.82, 2.24) is 4.90 Å². The number of likely N-dealkylation sites (tertiary alicyclic amines) is 1. The molecular formula is C16H22N2O3. The first-order chi connectivity index (χ1) is 9.88. The number of nitrogens with two attached hydrogens (primary N) is 1. The quantitative estimate of drug-likeness (QED) is 0.862. The molecule has 1 saturated heterocycles. The maximum absolute atomic E-state index is 11.4. The molecule has 1 aromatic rings. The third-order valence-electron chi connectivity index (χ3n) is 4.26. The van der Waals surface area contributed by atoms with E-state index >= 15 is 0 Å². The van der Waals surface area contributed by atoms with Gasteiger partial charge in [-0.05, 0) is 29.5 Å². The van der Waals surface area contributed by atoms with Crippen molar-refractivity contribution in [2.75, 3.05) is 13.1 Å². The SMILES string of the molecule is CC(C)[C@@H]1CN(Cc2ccc(C(N)=O)cc2)C[C@H]1C(=O)O. The van der Waals surface area contributed by atoms with Crippen LogP contribution in [-0.4, -0.2) is 35.0 Å². The van der Waals surface area contributed by atoms with Gasteiger partial charge in [0.1, 0.15) is 0 Å². The number of rotatable bonds is 5. The van der Waals surface area contributed by atoms with E-state index in [0.29, 0.717) is 24.6 Å². The predicted octanol–water partition coefficient (Wildman–Crippen LogP) is 1.57. The summed E-state index contributed by atoms with van der Waals surface area (Å²) in [5.41, 5.74) is 6.77. The van der Waals surface area contributed by atoms with Crippen LogP contribution in [0.2, 0.25) is 0 Å². The molecule has 1 aromatic carbocycles. The van der Waals surface area contributed by atoms with E-state index in [1.807, 2.05) is 12.1 Å². The van der Waals surface area contributed by atoms with Crippen LogP contribution in [0.3, 0.4) is 0 Å². The zero-order valence-electron chi connectivity index (χ0n) is 12.5. The number of hydrogen-bond donors (Lipinski definition) is 2. The monoisotopic (exact) mass is 290 g/mol. The molecule has 1 aliphatic heterocycles. The minimum atomic E-state index is -0.708. The fourth-order valence-corrected chi connectivity index (χ4v) is 3.01. The number of amides is 1. The molecule has 21 heavy (non-hydrogen) atoms. The molecular weight excluding hydrogens is 268 g/mol. The number of hydrogen-bond acceptors (Lipinski definition) is 3. The van der Waals surface area contributed by atoms with Gasteiger partial charge < -0.3 is 10.8 Å². The largest absolute Gasteiger partial charge is 0.481 e. The number of primary amides is 1. The molecule has 114 valence electrons. The molecule has 5 heteroatoms. The lowest BCUT2D eigenvalue weighted by atomic mass is 9.86. The number of nitrogens with zero attached hydrogens (tertiary/aromatic N) is 1. The number of carboxylic acid groups (broad SMARTS) is 1. The van der Waals surface area contributed by atoms with Crippen molar-refractivity contribution in [3.63, 3.8) is 0 Å². The molecule has 5 nitrogen and oxygen atoms in total. The van der Waals surface area contributed by atoms with Gasteiger partial charge in [-0.25, -0.2) is 0 Å². The lowest BCUT2D eigenvalue weighted by Crippen LogP contribution is -2.25. The Labute approximate surface area is 124 Å². The molecule has 1 fully saturated rings. The van der Waals surface area contributed by atoms with Gasteiger partial charge in [-0.3, -0.25) is 14.5 Å². The Hall–Kier alpha value is -1.88. The molecule has 1 amide bonds. The summed E-state index contributed by atoms with van der Waals surface area (Å²) in [4.78, 5) is 24.6. The van der Waals surface area contributed by atoms with Gasteiger partial charge in [0.2, 0.25) is 5.91 Å². The normalized spacial score (nSPS) is 22.6. The lowest BCUT2D eigenvalue weighted by Gasteiger charge is -2.18. The maximum atomic E-state index is 11.4. The highest BCUT2D eigenvalue weighted by Gasteiger charge is 2.38. The minimum absolute atomic E-state index is 0.187. The maximum Gasteiger partial charge on any atom is 0.308 e. The summed E-state index contributed by atoms with van der Waals surface area (Å²) in [6, 6.07) is 7.17. The second-order valence-corrected chi connectivity index (χ2v) is 6.11. The fraction of sp³-hybridized carbons (Fsp3) is 0.500. The topological polar surface area (TPSA) is 83.6 Å². The van der Waals surface area contributed by atoms with Crippen LogP contribution in [0.4, 0.5) is 0 Å². The molecule has 0 radical (unpaired) electrons. The van der Waals surface area contributed by atoms with E-state index < -0.39 is 11.9 Å². The Morgan fingerprint density at radius 2 is 1.90 bits per heavy atom. The standard InChI is InChI=1S/C16H22N2O3/c1-10(2)13-8-18(9-14(13)16(20)21)7-11-3-5-12(6-4-11)15(17)19/h3-6,10,13-14H,7-9H2,1-2H3,(H2,17,19)(H,20,21)/t13-,14+/m0/s1. The third kappa shape index (κ3) is 3.61. The molecule has 0 aromatic heterocycles. The third-order valence-corrected chi connectivity index (χ3v) is 4.26. The van der Waals surface area contributed by atoms with Crippen LogP contribution in [-0.2, 0) is 11.3 Å². The Morgan fingerprint density at radius 1 is 1.29 bits per heavy atom. The van der Waals surface area contributed by atoms with Gasteiger partial charge in [0.05, 0.1) is 5.92 Å². The van der Waals surface area contributed by atoms with E-state index in [-0.39, 0.29) is 11.8 Å². The average molecular weight is 290 g/mol. The van der Waals surface area contributed by atoms with E-state index in [1.165, 1.54) is 0 Å². The second kappa shape index (κ2) is 6.26. The average Bonchev–Trinajstić information content (AvgIpc) is 2.83. The van der Waals surface area contributed by atoms with Gasteiger partial charge in [-0.1, -0.05) is 26.0 Å². The van der Waals surface area contributed by atoms with Crippen LogP contribution in [0, 0.1) is 17.8 Å². The predicted molar refractivity (Wildman–Crippen MR) is 79.7 cm³/mol. The molecule has 0 aliphatic carbocycles. The highest BCUT2D eigenvalue weighted by Crippen LogP contribution is 2.30. The van der Waals surface area contributed by atoms with Crippen molar-refractivity contribution in [3.8, 4) is 0 Å². The van der Waals surface area contributed by atoms with Crippen molar-refractivity contribution in [1.29, 1.82) is 0 Å². The molecule has 0 spiro atoms. The molecule has 0 unspecified atom stereocenters. The Balaban J connectivity index is 2.03. The first-order valence-corrected chi connectivity index (χ1v) is 7.22. The first kappa shape index (κ1) is 15.5. The van der Waals surface area contributed by atoms with E-state index in [4.69, 9.17) is 5.73 Å². The van der Waals surface area contributed by atoms with Crippen LogP contribution in [0.15, 0.2) is 24.3 Å². The summed E-state index contributed by atoms with van der Waals surface area (Å²) in [5, 5.41) is 9.34. The van der Waals surface area contributed by atoms with Gasteiger partial charge in [0, 0.05) is 25.2 Å². The van der Waals surface area contributed by atoms with E-state index in [0.717, 1.165) is 12.1 Å². The highest BCUT2D eigenvalue weighted by molar-refractivity contribution is 5.92. The smallest absolute Gasteiger partial charge is 0.308 e. The minimum Gasteiger partial charge on any atom is -0.481 e. The molecule has 0 saturated carbocycles. The molecule has 1 heterocycles. The van der Waals surface area contributed by atoms with Crippen LogP contribution < -0.4 is 5.73 Å². The van der Waals surface area contributed by atoms with Crippen LogP contribution in [0.25, 0.3) is 0 Å². The zero-order valence-corrected chi connectivity index (χ0v) is 12.5. The van der Waals surface area contributed by atoms with Crippen molar-refractivity contribution < 1.29 is 14.7 Å². The van der Waals surface area contributed by atoms with Crippen molar-refractivity contribution >= 4 is 11.9 Å². The van der Waals surface area contributed by atoms with Gasteiger partial charge in [0.15, 0.2) is 0 Å². The molecule has 3 N–H and O–H groups in total. The van der Waals surface area contributed by atoms with E-state index in [1.54, 1.807) is 12.1 Å². The number of carbonyl (C=O) groups is 2. The van der Waals surface area contributed by atoms with E-state index in [9.17, 15) is 14.7 Å². The van der Waals surface area contributed by atoms with Gasteiger partial charge >= 0.3 is 5.97 Å². The number of carbonyl (C=O) groups excluding carboxylic acids is 1. The molecule has 2 rings (SSSR count). The van der Waals surface area contributed by atoms with Crippen LogP contribution in [0.1, 0.15) is 29.8 Å². The number of carboxylic acids is 1. The van der Waals surface area contributed by atoms with Crippen molar-refractivity contribution in [3.05, 3.63) is 35.4 Å². The van der Waals surface area contributed by atoms with Crippen LogP contribution in [0.5, 0.6) is 0 Å². The van der Waals surface area contributed by atoms with Gasteiger partial charge in [0.25, 0.3) is 0 Å². The summed E-state index contributed by atoms with van der Waals surface area (Å²) < 4.78 is 0. The summed E-state index contributed by atoms with van der Waals surface area (Å²) in [7, 11) is 0. The Kier molecular flexibility index (Phi) is 4.63. The summed E-state index contributed by atoms with van der Waals surface area (Å²) in [5.74, 6) is -0.899. The summed E-state index contributed by atoms with van der Waals surface area (Å²) >= 11 is 0. The first-order valence-electron chi connectivity index (χ1n) is 7.22. The van der Waals surface area contributed by atoms with Crippen LogP contribution >= 0.6 is 0 Å². The second-order valence-electron chi connectivity index (χ2n) is 6.11.